The van der Waals surface area contributed by atoms with Gasteiger partial charge in [-0.1, -0.05) is 6.07 Å². The van der Waals surface area contributed by atoms with Crippen LogP contribution in [0.3, 0.4) is 0 Å². The molecule has 1 aliphatic rings. The summed E-state index contributed by atoms with van der Waals surface area (Å²) in [6.45, 7) is -0.237. The van der Waals surface area contributed by atoms with Crippen LogP contribution in [0.4, 0.5) is 5.69 Å². The van der Waals surface area contributed by atoms with E-state index in [0.29, 0.717) is 12.8 Å². The van der Waals surface area contributed by atoms with Gasteiger partial charge in [-0.25, -0.2) is 0 Å². The molecule has 0 saturated carbocycles. The Morgan fingerprint density at radius 3 is 2.87 bits per heavy atom. The Morgan fingerprint density at radius 2 is 2.04 bits per heavy atom. The number of amides is 1. The van der Waals surface area contributed by atoms with Crippen LogP contribution in [0.2, 0.25) is 0 Å². The standard InChI is InChI=1S/C18H19NO3S/c20-17(11-22-18(21)7-4-13-8-9-23-12-13)19-16-6-5-14-2-1-3-15(14)10-16/h5-6,8-10,12H,1-4,7,11H2,(H,19,20). The molecular formula is C18H19NO3S. The van der Waals surface area contributed by atoms with E-state index in [1.165, 1.54) is 17.5 Å². The van der Waals surface area contributed by atoms with Gasteiger partial charge < -0.3 is 10.1 Å². The lowest BCUT2D eigenvalue weighted by atomic mass is 10.1. The second-order valence-electron chi connectivity index (χ2n) is 5.68. The van der Waals surface area contributed by atoms with E-state index in [1.807, 2.05) is 29.0 Å². The molecule has 1 N–H and O–H groups in total. The van der Waals surface area contributed by atoms with Crippen LogP contribution in [0.5, 0.6) is 0 Å². The number of esters is 1. The minimum absolute atomic E-state index is 0.237. The third-order valence-corrected chi connectivity index (χ3v) is 4.68. The van der Waals surface area contributed by atoms with Crippen LogP contribution in [0.15, 0.2) is 35.0 Å². The van der Waals surface area contributed by atoms with Crippen molar-refractivity contribution in [3.05, 3.63) is 51.7 Å². The number of aryl methyl sites for hydroxylation is 3. The smallest absolute Gasteiger partial charge is 0.306 e. The number of nitrogens with one attached hydrogen (secondary N) is 1. The second-order valence-corrected chi connectivity index (χ2v) is 6.46. The SMILES string of the molecule is O=C(COC(=O)CCc1ccsc1)Nc1ccc2c(c1)CCC2. The van der Waals surface area contributed by atoms with Gasteiger partial charge in [0.15, 0.2) is 6.61 Å². The number of thiophene rings is 1. The topological polar surface area (TPSA) is 55.4 Å². The quantitative estimate of drug-likeness (QED) is 0.827. The summed E-state index contributed by atoms with van der Waals surface area (Å²) >= 11 is 1.60. The molecule has 1 heterocycles. The fourth-order valence-electron chi connectivity index (χ4n) is 2.75. The molecule has 23 heavy (non-hydrogen) atoms. The van der Waals surface area contributed by atoms with E-state index in [2.05, 4.69) is 11.4 Å². The maximum Gasteiger partial charge on any atom is 0.306 e. The van der Waals surface area contributed by atoms with Gasteiger partial charge in [0.25, 0.3) is 5.91 Å². The van der Waals surface area contributed by atoms with Crippen molar-refractivity contribution in [1.82, 2.24) is 0 Å². The van der Waals surface area contributed by atoms with E-state index in [9.17, 15) is 9.59 Å². The number of carbonyl (C=O) groups excluding carboxylic acids is 2. The zero-order valence-electron chi connectivity index (χ0n) is 12.8. The summed E-state index contributed by atoms with van der Waals surface area (Å²) in [6.07, 6.45) is 4.30. The molecule has 120 valence electrons. The highest BCUT2D eigenvalue weighted by Gasteiger charge is 2.12. The van der Waals surface area contributed by atoms with E-state index in [1.54, 1.807) is 11.3 Å². The zero-order valence-corrected chi connectivity index (χ0v) is 13.7. The number of benzene rings is 1. The lowest BCUT2D eigenvalue weighted by Crippen LogP contribution is -2.21. The van der Waals surface area contributed by atoms with Crippen LogP contribution in [-0.4, -0.2) is 18.5 Å². The van der Waals surface area contributed by atoms with Gasteiger partial charge in [-0.15, -0.1) is 0 Å². The minimum atomic E-state index is -0.347. The molecule has 4 nitrogen and oxygen atoms in total. The van der Waals surface area contributed by atoms with Gasteiger partial charge in [0, 0.05) is 12.1 Å². The van der Waals surface area contributed by atoms with Gasteiger partial charge in [0.1, 0.15) is 0 Å². The van der Waals surface area contributed by atoms with Crippen LogP contribution < -0.4 is 5.32 Å². The van der Waals surface area contributed by atoms with Gasteiger partial charge in [-0.2, -0.15) is 11.3 Å². The van der Waals surface area contributed by atoms with E-state index in [4.69, 9.17) is 4.74 Å². The van der Waals surface area contributed by atoms with Crippen molar-refractivity contribution in [2.75, 3.05) is 11.9 Å². The van der Waals surface area contributed by atoms with Crippen LogP contribution >= 0.6 is 11.3 Å². The largest absolute Gasteiger partial charge is 0.456 e. The molecule has 1 amide bonds. The molecule has 2 aromatic rings. The molecule has 1 aromatic carbocycles. The van der Waals surface area contributed by atoms with Crippen LogP contribution in [0, 0.1) is 0 Å². The molecule has 0 saturated heterocycles. The van der Waals surface area contributed by atoms with E-state index < -0.39 is 0 Å². The van der Waals surface area contributed by atoms with Crippen molar-refractivity contribution < 1.29 is 14.3 Å². The van der Waals surface area contributed by atoms with Gasteiger partial charge >= 0.3 is 5.97 Å². The maximum absolute atomic E-state index is 11.9. The summed E-state index contributed by atoms with van der Waals surface area (Å²) in [5.74, 6) is -0.646. The summed E-state index contributed by atoms with van der Waals surface area (Å²) in [5.41, 5.74) is 4.55. The number of anilines is 1. The van der Waals surface area contributed by atoms with Crippen LogP contribution in [0.25, 0.3) is 0 Å². The lowest BCUT2D eigenvalue weighted by Gasteiger charge is -2.08. The molecule has 0 spiro atoms. The second kappa shape index (κ2) is 7.42. The molecule has 5 heteroatoms. The Labute approximate surface area is 139 Å². The Morgan fingerprint density at radius 1 is 1.17 bits per heavy atom. The highest BCUT2D eigenvalue weighted by atomic mass is 32.1. The average molecular weight is 329 g/mol. The number of rotatable bonds is 6. The fourth-order valence-corrected chi connectivity index (χ4v) is 3.45. The Balaban J connectivity index is 1.41. The number of fused-ring (bicyclic) bond motifs is 1. The molecule has 3 rings (SSSR count). The number of ether oxygens (including phenoxy) is 1. The van der Waals surface area contributed by atoms with Gasteiger partial charge in [-0.05, 0) is 71.3 Å². The molecule has 0 aliphatic heterocycles. The van der Waals surface area contributed by atoms with E-state index in [-0.39, 0.29) is 18.5 Å². The summed E-state index contributed by atoms with van der Waals surface area (Å²) < 4.78 is 5.02. The molecule has 0 unspecified atom stereocenters. The third-order valence-electron chi connectivity index (χ3n) is 3.94. The van der Waals surface area contributed by atoms with Gasteiger partial charge in [0.2, 0.25) is 0 Å². The lowest BCUT2D eigenvalue weighted by molar-refractivity contribution is -0.147. The monoisotopic (exact) mass is 329 g/mol. The first-order chi connectivity index (χ1) is 11.2. The normalized spacial score (nSPS) is 12.7. The first-order valence-corrected chi connectivity index (χ1v) is 8.73. The van der Waals surface area contributed by atoms with E-state index >= 15 is 0 Å². The van der Waals surface area contributed by atoms with Crippen molar-refractivity contribution in [2.24, 2.45) is 0 Å². The zero-order chi connectivity index (χ0) is 16.1. The highest BCUT2D eigenvalue weighted by molar-refractivity contribution is 7.07. The van der Waals surface area contributed by atoms with Crippen molar-refractivity contribution in [3.8, 4) is 0 Å². The van der Waals surface area contributed by atoms with Crippen molar-refractivity contribution in [1.29, 1.82) is 0 Å². The molecule has 0 bridgehead atoms. The Kier molecular flexibility index (Phi) is 5.08. The molecule has 0 atom stereocenters. The number of carbonyl (C=O) groups is 2. The first-order valence-electron chi connectivity index (χ1n) is 7.79. The predicted molar refractivity (Wildman–Crippen MR) is 90.7 cm³/mol. The van der Waals surface area contributed by atoms with Crippen molar-refractivity contribution in [2.45, 2.75) is 32.1 Å². The highest BCUT2D eigenvalue weighted by Crippen LogP contribution is 2.24. The predicted octanol–water partition coefficient (Wildman–Crippen LogP) is 3.35. The average Bonchev–Trinajstić information content (AvgIpc) is 3.21. The first kappa shape index (κ1) is 15.7. The molecular weight excluding hydrogens is 310 g/mol. The van der Waals surface area contributed by atoms with Crippen LogP contribution in [0.1, 0.15) is 29.5 Å². The molecule has 0 radical (unpaired) electrons. The Hall–Kier alpha value is -2.14. The summed E-state index contributed by atoms with van der Waals surface area (Å²) in [4.78, 5) is 23.5. The molecule has 0 fully saturated rings. The third kappa shape index (κ3) is 4.42. The number of hydrogen-bond acceptors (Lipinski definition) is 4. The van der Waals surface area contributed by atoms with E-state index in [0.717, 1.165) is 24.1 Å². The van der Waals surface area contributed by atoms with Crippen molar-refractivity contribution in [3.63, 3.8) is 0 Å². The van der Waals surface area contributed by atoms with Crippen molar-refractivity contribution >= 4 is 28.9 Å². The minimum Gasteiger partial charge on any atom is -0.456 e. The van der Waals surface area contributed by atoms with Crippen LogP contribution in [-0.2, 0) is 33.6 Å². The fraction of sp³-hybridized carbons (Fsp3) is 0.333. The van der Waals surface area contributed by atoms with Gasteiger partial charge in [-0.3, -0.25) is 9.59 Å². The molecule has 1 aromatic heterocycles. The summed E-state index contributed by atoms with van der Waals surface area (Å²) in [6, 6.07) is 7.96. The number of hydrogen-bond donors (Lipinski definition) is 1. The summed E-state index contributed by atoms with van der Waals surface area (Å²) in [7, 11) is 0. The molecule has 1 aliphatic carbocycles. The Bertz CT molecular complexity index is 694. The maximum atomic E-state index is 11.9. The van der Waals surface area contributed by atoms with Gasteiger partial charge in [0.05, 0.1) is 0 Å². The summed E-state index contributed by atoms with van der Waals surface area (Å²) in [5, 5.41) is 6.77.